The molecule has 5 nitrogen and oxygen atoms in total. The van der Waals surface area contributed by atoms with Gasteiger partial charge in [-0.15, -0.1) is 0 Å². The molecule has 17 heavy (non-hydrogen) atoms. The highest BCUT2D eigenvalue weighted by Gasteiger charge is 2.34. The first-order chi connectivity index (χ1) is 7.86. The molecule has 0 bridgehead atoms. The third-order valence-corrected chi connectivity index (χ3v) is 2.54. The molecule has 0 amide bonds. The number of H-pyrrole nitrogens is 1. The van der Waals surface area contributed by atoms with Crippen LogP contribution in [0.25, 0.3) is 0 Å². The highest BCUT2D eigenvalue weighted by Crippen LogP contribution is 2.27. The maximum absolute atomic E-state index is 12.5. The van der Waals surface area contributed by atoms with Crippen molar-refractivity contribution in [2.24, 2.45) is 5.73 Å². The molecule has 1 aromatic heterocycles. The fraction of sp³-hybridized carbons (Fsp3) is 0.556. The molecular formula is C9H11F3N4O. The normalized spacial score (nSPS) is 20.9. The van der Waals surface area contributed by atoms with E-state index in [2.05, 4.69) is 9.97 Å². The smallest absolute Gasteiger partial charge is 0.341 e. The molecule has 0 aliphatic carbocycles. The third-order valence-electron chi connectivity index (χ3n) is 2.54. The topological polar surface area (TPSA) is 75.0 Å². The average Bonchev–Trinajstić information content (AvgIpc) is 2.62. The second-order valence-corrected chi connectivity index (χ2v) is 3.95. The van der Waals surface area contributed by atoms with E-state index in [4.69, 9.17) is 5.73 Å². The lowest BCUT2D eigenvalue weighted by atomic mass is 10.3. The van der Waals surface area contributed by atoms with Gasteiger partial charge < -0.3 is 10.6 Å². The quantitative estimate of drug-likeness (QED) is 0.750. The fourth-order valence-electron chi connectivity index (χ4n) is 1.72. The van der Waals surface area contributed by atoms with Crippen LogP contribution in [0.2, 0.25) is 0 Å². The van der Waals surface area contributed by atoms with Crippen LogP contribution in [0.4, 0.5) is 19.1 Å². The Morgan fingerprint density at radius 2 is 2.24 bits per heavy atom. The molecule has 0 aromatic carbocycles. The van der Waals surface area contributed by atoms with E-state index < -0.39 is 17.4 Å². The molecule has 0 saturated carbocycles. The first kappa shape index (κ1) is 11.9. The van der Waals surface area contributed by atoms with Crippen LogP contribution in [-0.4, -0.2) is 29.1 Å². The molecular weight excluding hydrogens is 237 g/mol. The molecule has 0 radical (unpaired) electrons. The molecule has 1 fully saturated rings. The molecule has 3 N–H and O–H groups in total. The van der Waals surface area contributed by atoms with Crippen molar-refractivity contribution in [3.63, 3.8) is 0 Å². The second kappa shape index (κ2) is 4.02. The van der Waals surface area contributed by atoms with E-state index in [1.807, 2.05) is 0 Å². The second-order valence-electron chi connectivity index (χ2n) is 3.95. The summed E-state index contributed by atoms with van der Waals surface area (Å²) in [6.07, 6.45) is -3.95. The zero-order valence-electron chi connectivity index (χ0n) is 8.79. The van der Waals surface area contributed by atoms with Crippen LogP contribution < -0.4 is 16.2 Å². The van der Waals surface area contributed by atoms with E-state index in [0.29, 0.717) is 25.6 Å². The highest BCUT2D eigenvalue weighted by atomic mass is 19.4. The van der Waals surface area contributed by atoms with Crippen LogP contribution in [-0.2, 0) is 6.18 Å². The number of hydrogen-bond acceptors (Lipinski definition) is 4. The van der Waals surface area contributed by atoms with Crippen molar-refractivity contribution in [1.29, 1.82) is 0 Å². The summed E-state index contributed by atoms with van der Waals surface area (Å²) in [6.45, 7) is 0.885. The first-order valence-electron chi connectivity index (χ1n) is 5.05. The van der Waals surface area contributed by atoms with Crippen LogP contribution in [0.15, 0.2) is 10.9 Å². The van der Waals surface area contributed by atoms with Crippen molar-refractivity contribution in [2.75, 3.05) is 18.0 Å². The first-order valence-corrected chi connectivity index (χ1v) is 5.05. The van der Waals surface area contributed by atoms with Crippen LogP contribution in [0.5, 0.6) is 0 Å². The zero-order chi connectivity index (χ0) is 12.6. The van der Waals surface area contributed by atoms with Crippen molar-refractivity contribution >= 4 is 5.95 Å². The van der Waals surface area contributed by atoms with E-state index in [9.17, 15) is 18.0 Å². The Labute approximate surface area is 94.4 Å². The zero-order valence-corrected chi connectivity index (χ0v) is 8.79. The number of aromatic nitrogens is 2. The van der Waals surface area contributed by atoms with Gasteiger partial charge in [0.15, 0.2) is 5.69 Å². The van der Waals surface area contributed by atoms with Crippen molar-refractivity contribution < 1.29 is 13.2 Å². The lowest BCUT2D eigenvalue weighted by Crippen LogP contribution is -2.30. The Morgan fingerprint density at radius 3 is 2.76 bits per heavy atom. The van der Waals surface area contributed by atoms with Gasteiger partial charge in [0.25, 0.3) is 5.56 Å². The van der Waals surface area contributed by atoms with Gasteiger partial charge in [0.05, 0.1) is 0 Å². The molecule has 1 saturated heterocycles. The number of halogens is 3. The summed E-state index contributed by atoms with van der Waals surface area (Å²) < 4.78 is 37.4. The molecule has 2 rings (SSSR count). The molecule has 1 aliphatic rings. The number of rotatable bonds is 1. The molecule has 2 heterocycles. The van der Waals surface area contributed by atoms with Crippen LogP contribution in [0.1, 0.15) is 12.1 Å². The summed E-state index contributed by atoms with van der Waals surface area (Å²) >= 11 is 0. The minimum absolute atomic E-state index is 0.0715. The van der Waals surface area contributed by atoms with E-state index in [0.717, 1.165) is 0 Å². The number of nitrogens with two attached hydrogens (primary N) is 1. The van der Waals surface area contributed by atoms with E-state index in [1.165, 1.54) is 0 Å². The summed E-state index contributed by atoms with van der Waals surface area (Å²) in [5.41, 5.74) is 3.64. The van der Waals surface area contributed by atoms with E-state index in [-0.39, 0.29) is 12.0 Å². The van der Waals surface area contributed by atoms with Crippen molar-refractivity contribution in [2.45, 2.75) is 18.6 Å². The summed E-state index contributed by atoms with van der Waals surface area (Å²) in [5.74, 6) is -0.0715. The monoisotopic (exact) mass is 248 g/mol. The van der Waals surface area contributed by atoms with Crippen molar-refractivity contribution in [3.05, 3.63) is 22.1 Å². The summed E-state index contributed by atoms with van der Waals surface area (Å²) in [7, 11) is 0. The molecule has 0 unspecified atom stereocenters. The Kier molecular flexibility index (Phi) is 2.82. The highest BCUT2D eigenvalue weighted by molar-refractivity contribution is 5.33. The predicted molar refractivity (Wildman–Crippen MR) is 54.7 cm³/mol. The predicted octanol–water partition coefficient (Wildman–Crippen LogP) is 0.326. The van der Waals surface area contributed by atoms with Gasteiger partial charge in [-0.1, -0.05) is 0 Å². The van der Waals surface area contributed by atoms with Gasteiger partial charge in [-0.25, -0.2) is 4.98 Å². The number of aromatic amines is 1. The maximum Gasteiger partial charge on any atom is 0.433 e. The minimum atomic E-state index is -4.62. The van der Waals surface area contributed by atoms with Gasteiger partial charge in [-0.05, 0) is 6.42 Å². The number of alkyl halides is 3. The molecule has 1 atom stereocenters. The molecule has 1 aliphatic heterocycles. The molecule has 8 heteroatoms. The standard InChI is InChI=1S/C9H11F3N4O/c10-9(11,12)6-3-7(17)15-8(14-6)16-2-1-5(13)4-16/h3,5H,1-2,4,13H2,(H,14,15,17)/t5-/m1/s1. The largest absolute Gasteiger partial charge is 0.433 e. The minimum Gasteiger partial charge on any atom is -0.341 e. The lowest BCUT2D eigenvalue weighted by Gasteiger charge is -2.17. The number of hydrogen-bond donors (Lipinski definition) is 2. The Bertz CT molecular complexity index is 470. The van der Waals surface area contributed by atoms with Crippen LogP contribution in [0, 0.1) is 0 Å². The molecule has 1 aromatic rings. The third kappa shape index (κ3) is 2.57. The summed E-state index contributed by atoms with van der Waals surface area (Å²) in [5, 5.41) is 0. The number of nitrogens with one attached hydrogen (secondary N) is 1. The van der Waals surface area contributed by atoms with Crippen LogP contribution >= 0.6 is 0 Å². The van der Waals surface area contributed by atoms with Gasteiger partial charge in [-0.2, -0.15) is 13.2 Å². The number of nitrogens with zero attached hydrogens (tertiary/aromatic N) is 2. The van der Waals surface area contributed by atoms with Gasteiger partial charge in [0, 0.05) is 25.2 Å². The maximum atomic E-state index is 12.5. The van der Waals surface area contributed by atoms with Gasteiger partial charge >= 0.3 is 6.18 Å². The van der Waals surface area contributed by atoms with Crippen LogP contribution in [0.3, 0.4) is 0 Å². The average molecular weight is 248 g/mol. The van der Waals surface area contributed by atoms with Gasteiger partial charge in [-0.3, -0.25) is 9.78 Å². The molecule has 94 valence electrons. The van der Waals surface area contributed by atoms with Gasteiger partial charge in [0.2, 0.25) is 5.95 Å². The Balaban J connectivity index is 2.36. The fourth-order valence-corrected chi connectivity index (χ4v) is 1.72. The number of anilines is 1. The Morgan fingerprint density at radius 1 is 1.53 bits per heavy atom. The SMILES string of the molecule is N[C@@H]1CCN(c2nc(C(F)(F)F)cc(=O)[nH]2)C1. The lowest BCUT2D eigenvalue weighted by molar-refractivity contribution is -0.141. The molecule has 0 spiro atoms. The Hall–Kier alpha value is -1.57. The summed E-state index contributed by atoms with van der Waals surface area (Å²) in [4.78, 5) is 18.4. The van der Waals surface area contributed by atoms with Crippen molar-refractivity contribution in [1.82, 2.24) is 9.97 Å². The summed E-state index contributed by atoms with van der Waals surface area (Å²) in [6, 6.07) is 0.342. The van der Waals surface area contributed by atoms with E-state index in [1.54, 1.807) is 4.90 Å². The van der Waals surface area contributed by atoms with Crippen molar-refractivity contribution in [3.8, 4) is 0 Å². The van der Waals surface area contributed by atoms with Gasteiger partial charge in [0.1, 0.15) is 0 Å². The van der Waals surface area contributed by atoms with E-state index >= 15 is 0 Å².